The zero-order valence-electron chi connectivity index (χ0n) is 10.2. The van der Waals surface area contributed by atoms with E-state index in [2.05, 4.69) is 25.6 Å². The molecule has 2 aliphatic rings. The van der Waals surface area contributed by atoms with Crippen molar-refractivity contribution in [1.29, 1.82) is 0 Å². The van der Waals surface area contributed by atoms with Crippen molar-refractivity contribution >= 4 is 15.9 Å². The molecule has 2 atom stereocenters. The summed E-state index contributed by atoms with van der Waals surface area (Å²) in [6.45, 7) is 2.02. The van der Waals surface area contributed by atoms with Gasteiger partial charge < -0.3 is 0 Å². The molecular formula is C14H14BrN3. The summed E-state index contributed by atoms with van der Waals surface area (Å²) in [6, 6.07) is 6.73. The summed E-state index contributed by atoms with van der Waals surface area (Å²) in [5.41, 5.74) is 4.41. The standard InChI is InChI=1S/C14H14BrN3/c1-8-3-2-4-11(16-8)13-12(15)14-9-5-6-10(7-9)18(14)17-13/h2-4,9-10H,5-7H2,1H3/t9?,10-/m1/s1. The van der Waals surface area contributed by atoms with E-state index < -0.39 is 0 Å². The zero-order chi connectivity index (χ0) is 12.3. The molecule has 2 bridgehead atoms. The van der Waals surface area contributed by atoms with Gasteiger partial charge in [0.25, 0.3) is 0 Å². The molecule has 1 aliphatic heterocycles. The van der Waals surface area contributed by atoms with E-state index in [0.717, 1.165) is 21.6 Å². The highest BCUT2D eigenvalue weighted by Gasteiger charge is 2.40. The normalized spacial score (nSPS) is 24.6. The third-order valence-corrected chi connectivity index (χ3v) is 4.94. The molecule has 4 heteroatoms. The van der Waals surface area contributed by atoms with Crippen molar-refractivity contribution in [3.05, 3.63) is 34.1 Å². The van der Waals surface area contributed by atoms with Crippen molar-refractivity contribution in [2.75, 3.05) is 0 Å². The molecule has 1 unspecified atom stereocenters. The molecule has 18 heavy (non-hydrogen) atoms. The van der Waals surface area contributed by atoms with Gasteiger partial charge in [-0.3, -0.25) is 9.67 Å². The van der Waals surface area contributed by atoms with E-state index in [9.17, 15) is 0 Å². The Labute approximate surface area is 114 Å². The number of halogens is 1. The second-order valence-corrected chi connectivity index (χ2v) is 6.11. The number of pyridine rings is 1. The molecule has 0 radical (unpaired) electrons. The monoisotopic (exact) mass is 303 g/mol. The van der Waals surface area contributed by atoms with E-state index in [0.29, 0.717) is 12.0 Å². The van der Waals surface area contributed by atoms with Gasteiger partial charge in [-0.1, -0.05) is 6.07 Å². The van der Waals surface area contributed by atoms with Crippen molar-refractivity contribution in [1.82, 2.24) is 14.8 Å². The van der Waals surface area contributed by atoms with E-state index in [4.69, 9.17) is 5.10 Å². The lowest BCUT2D eigenvalue weighted by Crippen LogP contribution is -2.07. The Balaban J connectivity index is 1.89. The number of fused-ring (bicyclic) bond motifs is 5. The Morgan fingerprint density at radius 3 is 3.00 bits per heavy atom. The van der Waals surface area contributed by atoms with Crippen LogP contribution in [-0.2, 0) is 0 Å². The highest BCUT2D eigenvalue weighted by atomic mass is 79.9. The van der Waals surface area contributed by atoms with Gasteiger partial charge >= 0.3 is 0 Å². The van der Waals surface area contributed by atoms with E-state index >= 15 is 0 Å². The highest BCUT2D eigenvalue weighted by molar-refractivity contribution is 9.10. The van der Waals surface area contributed by atoms with E-state index in [1.807, 2.05) is 25.1 Å². The van der Waals surface area contributed by atoms with Crippen molar-refractivity contribution < 1.29 is 0 Å². The Morgan fingerprint density at radius 1 is 1.33 bits per heavy atom. The fraction of sp³-hybridized carbons (Fsp3) is 0.429. The van der Waals surface area contributed by atoms with Crippen molar-refractivity contribution in [3.63, 3.8) is 0 Å². The fourth-order valence-corrected chi connectivity index (χ4v) is 4.13. The summed E-state index contributed by atoms with van der Waals surface area (Å²) in [5.74, 6) is 0.704. The SMILES string of the molecule is Cc1cccc(-c2nn3c(c2Br)C2CC[C@@H]3C2)n1. The highest BCUT2D eigenvalue weighted by Crippen LogP contribution is 2.52. The predicted molar refractivity (Wildman–Crippen MR) is 73.5 cm³/mol. The maximum absolute atomic E-state index is 4.79. The van der Waals surface area contributed by atoms with Crippen LogP contribution >= 0.6 is 15.9 Å². The quantitative estimate of drug-likeness (QED) is 0.801. The maximum atomic E-state index is 4.79. The Hall–Kier alpha value is -1.16. The minimum Gasteiger partial charge on any atom is -0.264 e. The number of hydrogen-bond acceptors (Lipinski definition) is 2. The number of aromatic nitrogens is 3. The fourth-order valence-electron chi connectivity index (χ4n) is 3.34. The molecule has 2 aromatic heterocycles. The molecule has 0 aromatic carbocycles. The van der Waals surface area contributed by atoms with Crippen LogP contribution < -0.4 is 0 Å². The summed E-state index contributed by atoms with van der Waals surface area (Å²) in [4.78, 5) is 4.58. The second kappa shape index (κ2) is 3.67. The summed E-state index contributed by atoms with van der Waals surface area (Å²) in [7, 11) is 0. The van der Waals surface area contributed by atoms with Crippen LogP contribution in [0.25, 0.3) is 11.4 Å². The minimum absolute atomic E-state index is 0.625. The van der Waals surface area contributed by atoms with E-state index in [1.165, 1.54) is 25.0 Å². The van der Waals surface area contributed by atoms with Crippen LogP contribution in [0.3, 0.4) is 0 Å². The molecule has 1 fully saturated rings. The lowest BCUT2D eigenvalue weighted by Gasteiger charge is -2.12. The van der Waals surface area contributed by atoms with E-state index in [1.54, 1.807) is 0 Å². The Morgan fingerprint density at radius 2 is 2.22 bits per heavy atom. The Kier molecular flexibility index (Phi) is 2.19. The summed E-state index contributed by atoms with van der Waals surface area (Å²) in [6.07, 6.45) is 3.88. The van der Waals surface area contributed by atoms with Gasteiger partial charge in [-0.15, -0.1) is 0 Å². The molecular weight excluding hydrogens is 290 g/mol. The average molecular weight is 304 g/mol. The number of nitrogens with zero attached hydrogens (tertiary/aromatic N) is 3. The minimum atomic E-state index is 0.625. The molecule has 0 spiro atoms. The van der Waals surface area contributed by atoms with Crippen molar-refractivity contribution in [2.24, 2.45) is 0 Å². The molecule has 1 saturated carbocycles. The average Bonchev–Trinajstić information content (AvgIpc) is 3.02. The number of aryl methyl sites for hydroxylation is 1. The number of hydrogen-bond donors (Lipinski definition) is 0. The van der Waals surface area contributed by atoms with Gasteiger partial charge in [-0.2, -0.15) is 5.10 Å². The molecule has 1 aliphatic carbocycles. The van der Waals surface area contributed by atoms with Crippen LogP contribution in [-0.4, -0.2) is 14.8 Å². The molecule has 92 valence electrons. The Bertz CT molecular complexity index is 632. The van der Waals surface area contributed by atoms with Crippen LogP contribution in [0.5, 0.6) is 0 Å². The largest absolute Gasteiger partial charge is 0.264 e. The van der Waals surface area contributed by atoms with Crippen LogP contribution in [0.1, 0.15) is 42.6 Å². The van der Waals surface area contributed by atoms with Crippen molar-refractivity contribution in [3.8, 4) is 11.4 Å². The van der Waals surface area contributed by atoms with Gasteiger partial charge in [0.2, 0.25) is 0 Å². The van der Waals surface area contributed by atoms with Crippen LogP contribution in [0.2, 0.25) is 0 Å². The first-order valence-corrected chi connectivity index (χ1v) is 7.25. The first-order chi connectivity index (χ1) is 8.74. The summed E-state index contributed by atoms with van der Waals surface area (Å²) >= 11 is 3.74. The van der Waals surface area contributed by atoms with Gasteiger partial charge in [0.05, 0.1) is 21.9 Å². The van der Waals surface area contributed by atoms with Crippen LogP contribution in [0.4, 0.5) is 0 Å². The molecule has 0 N–H and O–H groups in total. The first-order valence-electron chi connectivity index (χ1n) is 6.46. The van der Waals surface area contributed by atoms with Gasteiger partial charge in [0.15, 0.2) is 0 Å². The molecule has 2 aromatic rings. The lowest BCUT2D eigenvalue weighted by atomic mass is 10.0. The van der Waals surface area contributed by atoms with Crippen LogP contribution in [0, 0.1) is 6.92 Å². The molecule has 0 saturated heterocycles. The van der Waals surface area contributed by atoms with E-state index in [-0.39, 0.29) is 0 Å². The van der Waals surface area contributed by atoms with Crippen molar-refractivity contribution in [2.45, 2.75) is 38.1 Å². The topological polar surface area (TPSA) is 30.7 Å². The van der Waals surface area contributed by atoms with Gasteiger partial charge in [0, 0.05) is 11.6 Å². The smallest absolute Gasteiger partial charge is 0.125 e. The van der Waals surface area contributed by atoms with Gasteiger partial charge in [-0.05, 0) is 54.2 Å². The zero-order valence-corrected chi connectivity index (χ0v) is 11.8. The maximum Gasteiger partial charge on any atom is 0.125 e. The summed E-state index contributed by atoms with van der Waals surface area (Å²) < 4.78 is 3.39. The van der Waals surface area contributed by atoms with Crippen LogP contribution in [0.15, 0.2) is 22.7 Å². The molecule has 3 heterocycles. The second-order valence-electron chi connectivity index (χ2n) is 5.32. The summed E-state index contributed by atoms with van der Waals surface area (Å²) in [5, 5.41) is 4.79. The molecule has 4 rings (SSSR count). The molecule has 3 nitrogen and oxygen atoms in total. The van der Waals surface area contributed by atoms with Gasteiger partial charge in [-0.25, -0.2) is 0 Å². The predicted octanol–water partition coefficient (Wildman–Crippen LogP) is 3.84. The molecule has 0 amide bonds. The first kappa shape index (κ1) is 10.7. The third kappa shape index (κ3) is 1.35. The van der Waals surface area contributed by atoms with Gasteiger partial charge in [0.1, 0.15) is 5.69 Å². The third-order valence-electron chi connectivity index (χ3n) is 4.16. The number of rotatable bonds is 1. The lowest BCUT2D eigenvalue weighted by molar-refractivity contribution is 0.477.